The molecule has 0 heterocycles. The minimum Gasteiger partial charge on any atom is -0.607 e. The number of carbonyl (C=O) groups excluding carboxylic acids is 1. The average Bonchev–Trinajstić information content (AvgIpc) is 2.43. The summed E-state index contributed by atoms with van der Waals surface area (Å²) >= 11 is -1.34. The van der Waals surface area contributed by atoms with Crippen LogP contribution in [-0.2, 0) is 20.7 Å². The highest BCUT2D eigenvalue weighted by molar-refractivity contribution is 7.94. The van der Waals surface area contributed by atoms with E-state index >= 15 is 0 Å². The van der Waals surface area contributed by atoms with E-state index in [1.165, 1.54) is 18.6 Å². The molecular weight excluding hydrogens is 248 g/mol. The number of hydrogen-bond acceptors (Lipinski definition) is 3. The Bertz CT molecular complexity index is 592. The molecule has 1 atom stereocenters. The van der Waals surface area contributed by atoms with E-state index in [2.05, 4.69) is 4.74 Å². The zero-order chi connectivity index (χ0) is 13.0. The fourth-order valence-electron chi connectivity index (χ4n) is 1.56. The van der Waals surface area contributed by atoms with E-state index in [0.29, 0.717) is 4.90 Å². The van der Waals surface area contributed by atoms with Gasteiger partial charge in [-0.25, -0.2) is 4.79 Å². The SMILES string of the molecule is COC(=O)/C=C/[S+]([O-])c1ccc2ccccc2c1. The lowest BCUT2D eigenvalue weighted by molar-refractivity contribution is -0.134. The maximum absolute atomic E-state index is 11.9. The molecule has 2 rings (SSSR count). The highest BCUT2D eigenvalue weighted by atomic mass is 32.2. The summed E-state index contributed by atoms with van der Waals surface area (Å²) in [5, 5.41) is 3.45. The lowest BCUT2D eigenvalue weighted by Gasteiger charge is -2.05. The summed E-state index contributed by atoms with van der Waals surface area (Å²) in [5.41, 5.74) is 0. The van der Waals surface area contributed by atoms with E-state index in [1.54, 1.807) is 6.07 Å². The molecule has 0 aromatic heterocycles. The van der Waals surface area contributed by atoms with Gasteiger partial charge in [-0.1, -0.05) is 24.3 Å². The van der Waals surface area contributed by atoms with Crippen LogP contribution in [0.3, 0.4) is 0 Å². The van der Waals surface area contributed by atoms with Crippen LogP contribution in [0.4, 0.5) is 0 Å². The van der Waals surface area contributed by atoms with Gasteiger partial charge in [0.05, 0.1) is 13.2 Å². The second kappa shape index (κ2) is 5.71. The number of carbonyl (C=O) groups is 1. The molecule has 0 aliphatic heterocycles. The van der Waals surface area contributed by atoms with Crippen molar-refractivity contribution in [2.75, 3.05) is 7.11 Å². The highest BCUT2D eigenvalue weighted by Gasteiger charge is 2.08. The van der Waals surface area contributed by atoms with Crippen molar-refractivity contribution in [2.24, 2.45) is 0 Å². The first kappa shape index (κ1) is 12.7. The van der Waals surface area contributed by atoms with Crippen molar-refractivity contribution in [2.45, 2.75) is 4.90 Å². The van der Waals surface area contributed by atoms with Crippen molar-refractivity contribution < 1.29 is 14.1 Å². The van der Waals surface area contributed by atoms with Gasteiger partial charge < -0.3 is 9.29 Å². The van der Waals surface area contributed by atoms with Gasteiger partial charge >= 0.3 is 5.97 Å². The highest BCUT2D eigenvalue weighted by Crippen LogP contribution is 2.20. The predicted octanol–water partition coefficient (Wildman–Crippen LogP) is 2.63. The first-order valence-corrected chi connectivity index (χ1v) is 6.57. The predicted molar refractivity (Wildman–Crippen MR) is 71.5 cm³/mol. The molecule has 1 unspecified atom stereocenters. The van der Waals surface area contributed by atoms with Gasteiger partial charge in [-0.2, -0.15) is 0 Å². The molecule has 0 bridgehead atoms. The smallest absolute Gasteiger partial charge is 0.334 e. The molecule has 2 aromatic rings. The van der Waals surface area contributed by atoms with Crippen molar-refractivity contribution in [3.05, 3.63) is 53.9 Å². The molecule has 0 saturated carbocycles. The van der Waals surface area contributed by atoms with Gasteiger partial charge in [-0.3, -0.25) is 0 Å². The summed E-state index contributed by atoms with van der Waals surface area (Å²) in [4.78, 5) is 11.6. The molecule has 0 aliphatic rings. The fourth-order valence-corrected chi connectivity index (χ4v) is 2.39. The van der Waals surface area contributed by atoms with Crippen molar-refractivity contribution in [3.8, 4) is 0 Å². The molecule has 0 fully saturated rings. The maximum Gasteiger partial charge on any atom is 0.334 e. The van der Waals surface area contributed by atoms with Crippen LogP contribution in [0.2, 0.25) is 0 Å². The summed E-state index contributed by atoms with van der Waals surface area (Å²) in [6, 6.07) is 13.4. The van der Waals surface area contributed by atoms with Gasteiger partial charge in [0, 0.05) is 17.2 Å². The molecule has 0 spiro atoms. The molecule has 18 heavy (non-hydrogen) atoms. The van der Waals surface area contributed by atoms with Gasteiger partial charge in [-0.05, 0) is 22.9 Å². The van der Waals surface area contributed by atoms with Crippen LogP contribution in [-0.4, -0.2) is 17.6 Å². The van der Waals surface area contributed by atoms with E-state index in [1.807, 2.05) is 36.4 Å². The van der Waals surface area contributed by atoms with E-state index in [0.717, 1.165) is 10.8 Å². The summed E-state index contributed by atoms with van der Waals surface area (Å²) in [6.07, 6.45) is 1.17. The third-order valence-electron chi connectivity index (χ3n) is 2.48. The zero-order valence-electron chi connectivity index (χ0n) is 9.83. The minimum absolute atomic E-state index is 0.510. The first-order valence-electron chi connectivity index (χ1n) is 5.36. The number of fused-ring (bicyclic) bond motifs is 1. The molecule has 0 radical (unpaired) electrons. The number of ether oxygens (including phenoxy) is 1. The van der Waals surface area contributed by atoms with Crippen LogP contribution in [0, 0.1) is 0 Å². The van der Waals surface area contributed by atoms with E-state index in [9.17, 15) is 9.35 Å². The first-order chi connectivity index (χ1) is 8.70. The molecular formula is C14H12O3S. The van der Waals surface area contributed by atoms with Crippen LogP contribution in [0.5, 0.6) is 0 Å². The van der Waals surface area contributed by atoms with E-state index in [-0.39, 0.29) is 0 Å². The van der Waals surface area contributed by atoms with Crippen LogP contribution in [0.1, 0.15) is 0 Å². The number of rotatable bonds is 3. The quantitative estimate of drug-likeness (QED) is 0.484. The van der Waals surface area contributed by atoms with E-state index in [4.69, 9.17) is 0 Å². The van der Waals surface area contributed by atoms with Crippen molar-refractivity contribution in [1.29, 1.82) is 0 Å². The third-order valence-corrected chi connectivity index (χ3v) is 3.58. The second-order valence-corrected chi connectivity index (χ2v) is 4.97. The van der Waals surface area contributed by atoms with E-state index < -0.39 is 17.1 Å². The Labute approximate surface area is 108 Å². The maximum atomic E-state index is 11.9. The van der Waals surface area contributed by atoms with Crippen molar-refractivity contribution in [3.63, 3.8) is 0 Å². The van der Waals surface area contributed by atoms with Gasteiger partial charge in [0.2, 0.25) is 0 Å². The standard InChI is InChI=1S/C14H12O3S/c1-17-14(15)8-9-18(16)13-7-6-11-4-2-3-5-12(11)10-13/h2-10H,1H3/b9-8+. The molecule has 3 nitrogen and oxygen atoms in total. The van der Waals surface area contributed by atoms with Crippen molar-refractivity contribution in [1.82, 2.24) is 0 Å². The molecule has 92 valence electrons. The lowest BCUT2D eigenvalue weighted by Crippen LogP contribution is -2.00. The Kier molecular flexibility index (Phi) is 4.02. The summed E-state index contributed by atoms with van der Waals surface area (Å²) in [5.74, 6) is -0.510. The second-order valence-electron chi connectivity index (χ2n) is 3.63. The normalized spacial score (nSPS) is 12.8. The molecule has 0 N–H and O–H groups in total. The monoisotopic (exact) mass is 260 g/mol. The largest absolute Gasteiger partial charge is 0.607 e. The molecule has 0 saturated heterocycles. The average molecular weight is 260 g/mol. The van der Waals surface area contributed by atoms with Gasteiger partial charge in [0.1, 0.15) is 5.41 Å². The lowest BCUT2D eigenvalue weighted by atomic mass is 10.1. The Morgan fingerprint density at radius 3 is 2.67 bits per heavy atom. The number of hydrogen-bond donors (Lipinski definition) is 0. The van der Waals surface area contributed by atoms with Crippen molar-refractivity contribution >= 4 is 27.9 Å². The topological polar surface area (TPSA) is 49.4 Å². The Morgan fingerprint density at radius 2 is 1.94 bits per heavy atom. The minimum atomic E-state index is -1.34. The van der Waals surface area contributed by atoms with Crippen LogP contribution in [0.25, 0.3) is 10.8 Å². The third kappa shape index (κ3) is 2.91. The number of esters is 1. The summed E-state index contributed by atoms with van der Waals surface area (Å²) in [7, 11) is 1.28. The molecule has 2 aromatic carbocycles. The molecule has 4 heteroatoms. The zero-order valence-corrected chi connectivity index (χ0v) is 10.6. The van der Waals surface area contributed by atoms with Crippen LogP contribution >= 0.6 is 0 Å². The van der Waals surface area contributed by atoms with Gasteiger partial charge in [-0.15, -0.1) is 0 Å². The van der Waals surface area contributed by atoms with Crippen LogP contribution in [0.15, 0.2) is 58.8 Å². The fraction of sp³-hybridized carbons (Fsp3) is 0.0714. The molecule has 0 amide bonds. The Morgan fingerprint density at radius 1 is 1.22 bits per heavy atom. The summed E-state index contributed by atoms with van der Waals surface area (Å²) in [6.45, 7) is 0. The van der Waals surface area contributed by atoms with Gasteiger partial charge in [0.15, 0.2) is 4.90 Å². The number of methoxy groups -OCH3 is 1. The summed E-state index contributed by atoms with van der Waals surface area (Å²) < 4.78 is 16.4. The van der Waals surface area contributed by atoms with Crippen LogP contribution < -0.4 is 0 Å². The Balaban J connectivity index is 2.25. The molecule has 0 aliphatic carbocycles. The Hall–Kier alpha value is -1.78. The number of benzene rings is 2. The van der Waals surface area contributed by atoms with Gasteiger partial charge in [0.25, 0.3) is 0 Å².